The van der Waals surface area contributed by atoms with Crippen LogP contribution < -0.4 is 10.6 Å². The molecule has 0 unspecified atom stereocenters. The number of aliphatic hydroxyl groups excluding tert-OH is 1. The van der Waals surface area contributed by atoms with Crippen molar-refractivity contribution in [1.82, 2.24) is 10.6 Å². The highest BCUT2D eigenvalue weighted by atomic mass is 16.3. The van der Waals surface area contributed by atoms with Gasteiger partial charge in [0.2, 0.25) is 0 Å². The fourth-order valence-corrected chi connectivity index (χ4v) is 5.38. The third kappa shape index (κ3) is 2.22. The van der Waals surface area contributed by atoms with E-state index in [1.165, 1.54) is 38.5 Å². The Hall–Kier alpha value is -0.770. The van der Waals surface area contributed by atoms with Crippen LogP contribution in [0.2, 0.25) is 0 Å². The van der Waals surface area contributed by atoms with Crippen molar-refractivity contribution in [2.24, 2.45) is 23.2 Å². The molecule has 0 spiro atoms. The van der Waals surface area contributed by atoms with Crippen LogP contribution in [0.3, 0.4) is 0 Å². The maximum Gasteiger partial charge on any atom is 0.315 e. The number of nitrogens with one attached hydrogen (secondary N) is 2. The Morgan fingerprint density at radius 1 is 1.05 bits per heavy atom. The molecule has 5 fully saturated rings. The average Bonchev–Trinajstić information content (AvgIpc) is 3.15. The summed E-state index contributed by atoms with van der Waals surface area (Å²) >= 11 is 0. The molecule has 0 heterocycles. The van der Waals surface area contributed by atoms with Gasteiger partial charge in [-0.3, -0.25) is 0 Å². The molecule has 4 bridgehead atoms. The molecule has 5 rings (SSSR count). The van der Waals surface area contributed by atoms with E-state index in [1.807, 2.05) is 0 Å². The van der Waals surface area contributed by atoms with E-state index in [2.05, 4.69) is 10.6 Å². The zero-order chi connectivity index (χ0) is 13.8. The number of rotatable bonds is 4. The van der Waals surface area contributed by atoms with Gasteiger partial charge >= 0.3 is 6.03 Å². The molecule has 0 aromatic heterocycles. The largest absolute Gasteiger partial charge is 0.396 e. The van der Waals surface area contributed by atoms with E-state index in [9.17, 15) is 9.90 Å². The zero-order valence-corrected chi connectivity index (χ0v) is 12.2. The van der Waals surface area contributed by atoms with E-state index in [0.717, 1.165) is 30.6 Å². The smallest absolute Gasteiger partial charge is 0.315 e. The van der Waals surface area contributed by atoms with Gasteiger partial charge in [0.05, 0.1) is 6.61 Å². The number of carbonyl (C=O) groups excluding carboxylic acids is 1. The van der Waals surface area contributed by atoms with Crippen molar-refractivity contribution in [3.8, 4) is 0 Å². The predicted octanol–water partition coefficient (Wildman–Crippen LogP) is 2.03. The van der Waals surface area contributed by atoms with Crippen LogP contribution in [0.1, 0.15) is 51.4 Å². The summed E-state index contributed by atoms with van der Waals surface area (Å²) in [7, 11) is 0. The topological polar surface area (TPSA) is 61.4 Å². The fourth-order valence-electron chi connectivity index (χ4n) is 5.38. The van der Waals surface area contributed by atoms with Crippen LogP contribution in [-0.2, 0) is 0 Å². The van der Waals surface area contributed by atoms with Crippen LogP contribution in [-0.4, -0.2) is 29.8 Å². The van der Waals surface area contributed by atoms with Gasteiger partial charge in [0.25, 0.3) is 0 Å². The van der Waals surface area contributed by atoms with Crippen LogP contribution in [0.25, 0.3) is 0 Å². The first-order valence-electron chi connectivity index (χ1n) is 8.27. The first-order valence-corrected chi connectivity index (χ1v) is 8.27. The molecule has 5 aliphatic rings. The number of aliphatic hydroxyl groups is 1. The third-order valence-electron chi connectivity index (χ3n) is 6.33. The predicted molar refractivity (Wildman–Crippen MR) is 76.2 cm³/mol. The summed E-state index contributed by atoms with van der Waals surface area (Å²) in [6.45, 7) is 0.826. The SMILES string of the molecule is O=C(NCC1(CO)CC1)NC12CC3CC(CC(C3)C1)C2. The highest BCUT2D eigenvalue weighted by Crippen LogP contribution is 2.55. The quantitative estimate of drug-likeness (QED) is 0.737. The van der Waals surface area contributed by atoms with Crippen LogP contribution in [0.15, 0.2) is 0 Å². The summed E-state index contributed by atoms with van der Waals surface area (Å²) < 4.78 is 0. The molecule has 4 heteroatoms. The number of carbonyl (C=O) groups is 1. The lowest BCUT2D eigenvalue weighted by atomic mass is 9.53. The third-order valence-corrected chi connectivity index (χ3v) is 6.33. The summed E-state index contributed by atoms with van der Waals surface area (Å²) in [5, 5.41) is 15.6. The Bertz CT molecular complexity index is 381. The fraction of sp³-hybridized carbons (Fsp3) is 0.938. The van der Waals surface area contributed by atoms with Gasteiger partial charge in [-0.25, -0.2) is 4.79 Å². The molecule has 5 aliphatic carbocycles. The van der Waals surface area contributed by atoms with Gasteiger partial charge in [0, 0.05) is 17.5 Å². The highest BCUT2D eigenvalue weighted by molar-refractivity contribution is 5.75. The van der Waals surface area contributed by atoms with Crippen LogP contribution in [0.4, 0.5) is 4.79 Å². The van der Waals surface area contributed by atoms with Gasteiger partial charge in [-0.05, 0) is 69.1 Å². The molecule has 0 aliphatic heterocycles. The van der Waals surface area contributed by atoms with Crippen molar-refractivity contribution in [2.75, 3.05) is 13.2 Å². The van der Waals surface area contributed by atoms with E-state index in [-0.39, 0.29) is 23.6 Å². The Balaban J connectivity index is 1.35. The van der Waals surface area contributed by atoms with Crippen LogP contribution in [0.5, 0.6) is 0 Å². The number of hydrogen-bond donors (Lipinski definition) is 3. The molecule has 112 valence electrons. The molecule has 0 radical (unpaired) electrons. The Kier molecular flexibility index (Phi) is 2.82. The van der Waals surface area contributed by atoms with E-state index in [0.29, 0.717) is 6.54 Å². The standard InChI is InChI=1S/C16H26N2O2/c19-10-15(1-2-15)9-17-14(20)18-16-6-11-3-12(7-16)5-13(4-11)8-16/h11-13,19H,1-10H2,(H2,17,18,20). The monoisotopic (exact) mass is 278 g/mol. The molecule has 20 heavy (non-hydrogen) atoms. The van der Waals surface area contributed by atoms with Gasteiger partial charge in [0.1, 0.15) is 0 Å². The Morgan fingerprint density at radius 3 is 2.05 bits per heavy atom. The molecular weight excluding hydrogens is 252 g/mol. The van der Waals surface area contributed by atoms with Crippen molar-refractivity contribution in [1.29, 1.82) is 0 Å². The van der Waals surface area contributed by atoms with Crippen molar-refractivity contribution in [3.63, 3.8) is 0 Å². The summed E-state index contributed by atoms with van der Waals surface area (Å²) in [6, 6.07) is -0.00771. The normalized spacial score (nSPS) is 43.4. The molecule has 5 saturated carbocycles. The summed E-state index contributed by atoms with van der Waals surface area (Å²) in [5.74, 6) is 2.57. The molecule has 2 amide bonds. The van der Waals surface area contributed by atoms with Crippen molar-refractivity contribution in [3.05, 3.63) is 0 Å². The lowest BCUT2D eigenvalue weighted by molar-refractivity contribution is -0.0136. The van der Waals surface area contributed by atoms with Crippen molar-refractivity contribution >= 4 is 6.03 Å². The Labute approximate surface area is 120 Å². The van der Waals surface area contributed by atoms with E-state index >= 15 is 0 Å². The van der Waals surface area contributed by atoms with E-state index in [4.69, 9.17) is 0 Å². The number of amides is 2. The minimum atomic E-state index is -0.00771. The first-order chi connectivity index (χ1) is 9.60. The molecule has 4 nitrogen and oxygen atoms in total. The van der Waals surface area contributed by atoms with Crippen LogP contribution >= 0.6 is 0 Å². The van der Waals surface area contributed by atoms with Gasteiger partial charge in [-0.1, -0.05) is 0 Å². The molecular formula is C16H26N2O2. The highest BCUT2D eigenvalue weighted by Gasteiger charge is 2.51. The lowest BCUT2D eigenvalue weighted by Gasteiger charge is -2.56. The van der Waals surface area contributed by atoms with Gasteiger partial charge in [-0.15, -0.1) is 0 Å². The molecule has 0 aromatic rings. The molecule has 0 atom stereocenters. The van der Waals surface area contributed by atoms with Crippen molar-refractivity contribution in [2.45, 2.75) is 56.9 Å². The maximum absolute atomic E-state index is 12.2. The Morgan fingerprint density at radius 2 is 1.60 bits per heavy atom. The first kappa shape index (κ1) is 12.9. The van der Waals surface area contributed by atoms with E-state index in [1.54, 1.807) is 0 Å². The summed E-state index contributed by atoms with van der Waals surface area (Å²) in [6.07, 6.45) is 9.86. The van der Waals surface area contributed by atoms with Gasteiger partial charge in [0.15, 0.2) is 0 Å². The summed E-state index contributed by atoms with van der Waals surface area (Å²) in [4.78, 5) is 12.2. The second kappa shape index (κ2) is 4.36. The molecule has 0 aromatic carbocycles. The number of urea groups is 1. The molecule has 3 N–H and O–H groups in total. The van der Waals surface area contributed by atoms with Gasteiger partial charge in [-0.2, -0.15) is 0 Å². The second-order valence-corrected chi connectivity index (χ2v) is 8.16. The van der Waals surface area contributed by atoms with Crippen molar-refractivity contribution < 1.29 is 9.90 Å². The minimum Gasteiger partial charge on any atom is -0.396 e. The average molecular weight is 278 g/mol. The van der Waals surface area contributed by atoms with Crippen LogP contribution in [0, 0.1) is 23.2 Å². The van der Waals surface area contributed by atoms with E-state index < -0.39 is 0 Å². The summed E-state index contributed by atoms with van der Waals surface area (Å²) in [5.41, 5.74) is 0.0908. The number of hydrogen-bond acceptors (Lipinski definition) is 2. The lowest BCUT2D eigenvalue weighted by Crippen LogP contribution is -2.61. The zero-order valence-electron chi connectivity index (χ0n) is 12.2. The van der Waals surface area contributed by atoms with Gasteiger partial charge < -0.3 is 15.7 Å². The molecule has 0 saturated heterocycles. The maximum atomic E-state index is 12.2. The minimum absolute atomic E-state index is 0.00118. The second-order valence-electron chi connectivity index (χ2n) is 8.16.